The van der Waals surface area contributed by atoms with Crippen molar-refractivity contribution in [3.63, 3.8) is 0 Å². The molecule has 2 aromatic carbocycles. The van der Waals surface area contributed by atoms with Gasteiger partial charge >= 0.3 is 5.97 Å². The molecule has 0 aliphatic carbocycles. The van der Waals surface area contributed by atoms with Crippen LogP contribution in [0, 0.1) is 0 Å². The molecule has 0 unspecified atom stereocenters. The smallest absolute Gasteiger partial charge is 0.327 e. The number of carboxylic acids is 1. The fourth-order valence-corrected chi connectivity index (χ4v) is 1.97. The number of benzene rings is 2. The van der Waals surface area contributed by atoms with Crippen molar-refractivity contribution in [1.29, 1.82) is 0 Å². The molecule has 3 nitrogen and oxygen atoms in total. The molecule has 112 valence electrons. The average molecular weight is 322 g/mol. The van der Waals surface area contributed by atoms with E-state index in [0.29, 0.717) is 0 Å². The van der Waals surface area contributed by atoms with Gasteiger partial charge in [-0.2, -0.15) is 0 Å². The molecular weight excluding hydrogens is 304 g/mol. The molecule has 21 heavy (non-hydrogen) atoms. The summed E-state index contributed by atoms with van der Waals surface area (Å²) in [4.78, 5) is 11.8. The maximum atomic E-state index is 9.25. The van der Waals surface area contributed by atoms with Crippen LogP contribution >= 0.6 is 24.7 Å². The minimum Gasteiger partial charge on any atom is -0.478 e. The second kappa shape index (κ2) is 13.3. The van der Waals surface area contributed by atoms with E-state index < -0.39 is 5.97 Å². The minimum atomic E-state index is -0.981. The molecule has 0 aliphatic rings. The van der Waals surface area contributed by atoms with E-state index in [1.807, 2.05) is 12.1 Å². The molecule has 1 N–H and O–H groups in total. The Morgan fingerprint density at radius 1 is 1.10 bits per heavy atom. The van der Waals surface area contributed by atoms with E-state index in [0.717, 1.165) is 6.08 Å². The molecule has 0 saturated carbocycles. The van der Waals surface area contributed by atoms with Crippen LogP contribution < -0.4 is 0 Å². The van der Waals surface area contributed by atoms with Crippen molar-refractivity contribution >= 4 is 30.6 Å². The third-order valence-corrected chi connectivity index (χ3v) is 2.91. The zero-order valence-corrected chi connectivity index (χ0v) is 13.4. The van der Waals surface area contributed by atoms with E-state index in [-0.39, 0.29) is 0 Å². The van der Waals surface area contributed by atoms with Crippen LogP contribution in [0.15, 0.2) is 83.1 Å². The van der Waals surface area contributed by atoms with E-state index in [1.54, 1.807) is 11.8 Å². The van der Waals surface area contributed by atoms with Crippen molar-refractivity contribution < 1.29 is 14.1 Å². The topological polar surface area (TPSA) is 46.5 Å². The molecular formula is C16H18O3S2. The van der Waals surface area contributed by atoms with E-state index in [2.05, 4.69) is 72.2 Å². The van der Waals surface area contributed by atoms with Crippen LogP contribution in [0.25, 0.3) is 0 Å². The van der Waals surface area contributed by atoms with Crippen molar-refractivity contribution in [2.24, 2.45) is 0 Å². The highest BCUT2D eigenvalue weighted by molar-refractivity contribution is 7.99. The second-order valence-corrected chi connectivity index (χ2v) is 4.97. The predicted molar refractivity (Wildman–Crippen MR) is 90.8 cm³/mol. The Hall–Kier alpha value is -1.69. The molecule has 0 radical (unpaired) electrons. The maximum Gasteiger partial charge on any atom is 0.327 e. The number of thiol groups is 1. The third-order valence-electron chi connectivity index (χ3n) is 1.90. The Bertz CT molecular complexity index is 464. The maximum absolute atomic E-state index is 9.25. The van der Waals surface area contributed by atoms with Gasteiger partial charge in [0, 0.05) is 23.0 Å². The summed E-state index contributed by atoms with van der Waals surface area (Å²) >= 11 is 5.08. The van der Waals surface area contributed by atoms with Gasteiger partial charge in [0.05, 0.1) is 0 Å². The molecule has 0 aromatic heterocycles. The first-order chi connectivity index (χ1) is 10.1. The molecule has 0 saturated heterocycles. The van der Waals surface area contributed by atoms with Gasteiger partial charge in [0.2, 0.25) is 0 Å². The van der Waals surface area contributed by atoms with E-state index in [1.165, 1.54) is 16.9 Å². The fourth-order valence-electron chi connectivity index (χ4n) is 1.11. The van der Waals surface area contributed by atoms with Gasteiger partial charge in [-0.05, 0) is 37.2 Å². The Morgan fingerprint density at radius 3 is 1.62 bits per heavy atom. The van der Waals surface area contributed by atoms with Gasteiger partial charge in [-0.1, -0.05) is 54.7 Å². The molecule has 0 atom stereocenters. The molecule has 2 rings (SSSR count). The number of aliphatic carboxylic acids is 1. The Kier molecular flexibility index (Phi) is 12.2. The quantitative estimate of drug-likeness (QED) is 0.493. The van der Waals surface area contributed by atoms with Crippen LogP contribution in [0.5, 0.6) is 0 Å². The van der Waals surface area contributed by atoms with Gasteiger partial charge in [-0.25, -0.2) is 4.79 Å². The standard InChI is InChI=1S/C12H10S.C3H4O2.CH4OS/c1-3-7-11(8-4-1)13-12-9-5-2-6-10-12;1-2-3(4)5;1-2-3/h1-10H;2H,1H2,(H,4,5);3H,1H3. The lowest BCUT2D eigenvalue weighted by Gasteiger charge is -1.99. The summed E-state index contributed by atoms with van der Waals surface area (Å²) in [7, 11) is 1.49. The molecule has 2 aromatic rings. The van der Waals surface area contributed by atoms with E-state index in [9.17, 15) is 4.79 Å². The van der Waals surface area contributed by atoms with Crippen LogP contribution in [0.4, 0.5) is 0 Å². The lowest BCUT2D eigenvalue weighted by atomic mass is 10.4. The Labute approximate surface area is 135 Å². The first-order valence-electron chi connectivity index (χ1n) is 5.95. The largest absolute Gasteiger partial charge is 0.478 e. The Balaban J connectivity index is 0.000000422. The zero-order chi connectivity index (χ0) is 15.9. The monoisotopic (exact) mass is 322 g/mol. The number of rotatable bonds is 3. The van der Waals surface area contributed by atoms with Gasteiger partial charge in [-0.3, -0.25) is 0 Å². The third kappa shape index (κ3) is 11.8. The van der Waals surface area contributed by atoms with Crippen molar-refractivity contribution in [1.82, 2.24) is 0 Å². The summed E-state index contributed by atoms with van der Waals surface area (Å²) in [5.74, 6) is -0.981. The van der Waals surface area contributed by atoms with E-state index >= 15 is 0 Å². The zero-order valence-electron chi connectivity index (χ0n) is 11.7. The fraction of sp³-hybridized carbons (Fsp3) is 0.0625. The van der Waals surface area contributed by atoms with Gasteiger partial charge in [0.15, 0.2) is 0 Å². The highest BCUT2D eigenvalue weighted by Gasteiger charge is 1.93. The minimum absolute atomic E-state index is 0.833. The SMILES string of the molecule is C=CC(=O)O.COS.c1ccc(Sc2ccccc2)cc1. The van der Waals surface area contributed by atoms with Gasteiger partial charge in [0.1, 0.15) is 0 Å². The highest BCUT2D eigenvalue weighted by Crippen LogP contribution is 2.26. The normalized spacial score (nSPS) is 8.48. The summed E-state index contributed by atoms with van der Waals surface area (Å²) in [6.45, 7) is 2.96. The van der Waals surface area contributed by atoms with E-state index in [4.69, 9.17) is 5.11 Å². The van der Waals surface area contributed by atoms with Crippen molar-refractivity contribution in [2.45, 2.75) is 9.79 Å². The summed E-state index contributed by atoms with van der Waals surface area (Å²) in [5, 5.41) is 7.60. The van der Waals surface area contributed by atoms with Crippen molar-refractivity contribution in [2.75, 3.05) is 7.11 Å². The van der Waals surface area contributed by atoms with Crippen LogP contribution in [0.2, 0.25) is 0 Å². The summed E-state index contributed by atoms with van der Waals surface area (Å²) in [6, 6.07) is 20.8. The second-order valence-electron chi connectivity index (χ2n) is 3.45. The van der Waals surface area contributed by atoms with Crippen LogP contribution in [-0.2, 0) is 8.98 Å². The van der Waals surface area contributed by atoms with Crippen molar-refractivity contribution in [3.05, 3.63) is 73.3 Å². The van der Waals surface area contributed by atoms with Gasteiger partial charge in [0.25, 0.3) is 0 Å². The molecule has 5 heteroatoms. The number of carboxylic acid groups (broad SMARTS) is 1. The number of hydrogen-bond acceptors (Lipinski definition) is 4. The van der Waals surface area contributed by atoms with Crippen LogP contribution in [-0.4, -0.2) is 18.2 Å². The molecule has 0 heterocycles. The van der Waals surface area contributed by atoms with Crippen LogP contribution in [0.1, 0.15) is 0 Å². The Morgan fingerprint density at radius 2 is 1.38 bits per heavy atom. The number of carbonyl (C=O) groups is 1. The number of hydrogen-bond donors (Lipinski definition) is 2. The predicted octanol–water partition coefficient (Wildman–Crippen LogP) is 4.57. The molecule has 0 bridgehead atoms. The summed E-state index contributed by atoms with van der Waals surface area (Å²) in [6.07, 6.45) is 0.833. The molecule has 0 aliphatic heterocycles. The first-order valence-corrected chi connectivity index (χ1v) is 7.13. The molecule has 0 fully saturated rings. The summed E-state index contributed by atoms with van der Waals surface area (Å²) < 4.78 is 3.94. The lowest BCUT2D eigenvalue weighted by Crippen LogP contribution is -1.82. The lowest BCUT2D eigenvalue weighted by molar-refractivity contribution is -0.131. The molecule has 0 spiro atoms. The molecule has 0 amide bonds. The van der Waals surface area contributed by atoms with Crippen molar-refractivity contribution in [3.8, 4) is 0 Å². The van der Waals surface area contributed by atoms with Gasteiger partial charge < -0.3 is 9.29 Å². The van der Waals surface area contributed by atoms with Crippen LogP contribution in [0.3, 0.4) is 0 Å². The average Bonchev–Trinajstić information content (AvgIpc) is 2.51. The first kappa shape index (κ1) is 19.3. The highest BCUT2D eigenvalue weighted by atomic mass is 32.2. The summed E-state index contributed by atoms with van der Waals surface area (Å²) in [5.41, 5.74) is 0. The van der Waals surface area contributed by atoms with Gasteiger partial charge in [-0.15, -0.1) is 0 Å².